The van der Waals surface area contributed by atoms with Crippen LogP contribution in [0.25, 0.3) is 0 Å². The van der Waals surface area contributed by atoms with Gasteiger partial charge in [0, 0.05) is 20.6 Å². The summed E-state index contributed by atoms with van der Waals surface area (Å²) in [5.74, 6) is 1.55. The molecule has 0 heterocycles. The smallest absolute Gasteiger partial charge is 0.241 e. The van der Waals surface area contributed by atoms with Gasteiger partial charge in [-0.15, -0.1) is 24.0 Å². The first-order valence-corrected chi connectivity index (χ1v) is 9.33. The molecule has 152 valence electrons. The second-order valence-electron chi connectivity index (χ2n) is 7.22. The van der Waals surface area contributed by atoms with E-state index in [4.69, 9.17) is 4.74 Å². The third kappa shape index (κ3) is 7.20. The van der Waals surface area contributed by atoms with Crippen molar-refractivity contribution in [2.24, 2.45) is 10.4 Å². The molecule has 27 heavy (non-hydrogen) atoms. The van der Waals surface area contributed by atoms with Gasteiger partial charge in [0.1, 0.15) is 5.75 Å². The largest absolute Gasteiger partial charge is 0.497 e. The van der Waals surface area contributed by atoms with Gasteiger partial charge in [0.05, 0.1) is 20.2 Å². The summed E-state index contributed by atoms with van der Waals surface area (Å²) in [5, 5.41) is 6.61. The lowest BCUT2D eigenvalue weighted by Crippen LogP contribution is -2.48. The van der Waals surface area contributed by atoms with Crippen molar-refractivity contribution in [3.63, 3.8) is 0 Å². The predicted octanol–water partition coefficient (Wildman–Crippen LogP) is 3.02. The number of likely N-dealkylation sites (N-methyl/N-ethyl adjacent to an activating group) is 1. The molecule has 0 aliphatic heterocycles. The van der Waals surface area contributed by atoms with Gasteiger partial charge in [0.25, 0.3) is 0 Å². The van der Waals surface area contributed by atoms with Crippen molar-refractivity contribution in [1.29, 1.82) is 0 Å². The maximum Gasteiger partial charge on any atom is 0.241 e. The molecule has 2 N–H and O–H groups in total. The Bertz CT molecular complexity index is 607. The molecule has 1 aromatic rings. The Kier molecular flexibility index (Phi) is 9.90. The summed E-state index contributed by atoms with van der Waals surface area (Å²) in [6.45, 7) is 3.93. The van der Waals surface area contributed by atoms with Gasteiger partial charge in [-0.05, 0) is 42.4 Å². The number of carbonyl (C=O) groups is 1. The highest BCUT2D eigenvalue weighted by atomic mass is 127. The average Bonchev–Trinajstić information content (AvgIpc) is 2.62. The molecular weight excluding hydrogens is 455 g/mol. The van der Waals surface area contributed by atoms with Crippen molar-refractivity contribution in [2.45, 2.75) is 39.2 Å². The molecule has 1 saturated carbocycles. The van der Waals surface area contributed by atoms with E-state index in [2.05, 4.69) is 22.5 Å². The molecule has 0 saturated heterocycles. The third-order valence-corrected chi connectivity index (χ3v) is 5.28. The highest BCUT2D eigenvalue weighted by molar-refractivity contribution is 14.0. The first-order chi connectivity index (χ1) is 12.5. The Morgan fingerprint density at radius 2 is 1.89 bits per heavy atom. The Labute approximate surface area is 180 Å². The van der Waals surface area contributed by atoms with E-state index in [0.29, 0.717) is 17.9 Å². The summed E-state index contributed by atoms with van der Waals surface area (Å²) >= 11 is 0. The normalized spacial score (nSPS) is 15.2. The first-order valence-electron chi connectivity index (χ1n) is 9.33. The average molecular weight is 488 g/mol. The molecule has 0 radical (unpaired) electrons. The summed E-state index contributed by atoms with van der Waals surface area (Å²) in [5.41, 5.74) is 1.48. The summed E-state index contributed by atoms with van der Waals surface area (Å²) in [4.78, 5) is 18.1. The molecule has 6 nitrogen and oxygen atoms in total. The third-order valence-electron chi connectivity index (χ3n) is 5.28. The van der Waals surface area contributed by atoms with Crippen LogP contribution in [0.4, 0.5) is 0 Å². The first kappa shape index (κ1) is 23.5. The fraction of sp³-hybridized carbons (Fsp3) is 0.600. The minimum atomic E-state index is 0. The molecule has 0 spiro atoms. The molecular formula is C20H33IN4O2. The minimum Gasteiger partial charge on any atom is -0.497 e. The number of nitrogens with one attached hydrogen (secondary N) is 2. The molecule has 0 aromatic heterocycles. The Hall–Kier alpha value is -1.51. The number of ether oxygens (including phenoxy) is 1. The van der Waals surface area contributed by atoms with Crippen LogP contribution in [-0.4, -0.2) is 51.1 Å². The molecule has 0 atom stereocenters. The van der Waals surface area contributed by atoms with Crippen LogP contribution in [0, 0.1) is 5.41 Å². The summed E-state index contributed by atoms with van der Waals surface area (Å²) < 4.78 is 5.19. The number of hydrogen-bond acceptors (Lipinski definition) is 3. The predicted molar refractivity (Wildman–Crippen MR) is 121 cm³/mol. The number of amides is 1. The number of guanidine groups is 1. The van der Waals surface area contributed by atoms with E-state index in [1.54, 1.807) is 26.1 Å². The number of rotatable bonds is 8. The molecule has 1 amide bonds. The van der Waals surface area contributed by atoms with E-state index in [0.717, 1.165) is 17.9 Å². The van der Waals surface area contributed by atoms with Crippen LogP contribution in [0.15, 0.2) is 29.3 Å². The van der Waals surface area contributed by atoms with Crippen LogP contribution in [0.5, 0.6) is 5.75 Å². The second kappa shape index (κ2) is 11.4. The molecule has 1 aliphatic carbocycles. The number of halogens is 1. The fourth-order valence-electron chi connectivity index (χ4n) is 3.00. The van der Waals surface area contributed by atoms with E-state index in [1.807, 2.05) is 24.3 Å². The van der Waals surface area contributed by atoms with Crippen LogP contribution >= 0.6 is 24.0 Å². The molecule has 1 fully saturated rings. The Morgan fingerprint density at radius 1 is 1.22 bits per heavy atom. The summed E-state index contributed by atoms with van der Waals surface area (Å²) in [7, 11) is 5.17. The topological polar surface area (TPSA) is 66.0 Å². The Morgan fingerprint density at radius 3 is 2.37 bits per heavy atom. The van der Waals surface area contributed by atoms with Gasteiger partial charge in [-0.1, -0.05) is 25.5 Å². The van der Waals surface area contributed by atoms with E-state index in [1.165, 1.54) is 25.7 Å². The van der Waals surface area contributed by atoms with Crippen molar-refractivity contribution in [2.75, 3.05) is 34.3 Å². The zero-order chi connectivity index (χ0) is 19.0. The second-order valence-corrected chi connectivity index (χ2v) is 7.22. The van der Waals surface area contributed by atoms with Crippen LogP contribution in [0.1, 0.15) is 38.2 Å². The van der Waals surface area contributed by atoms with Crippen LogP contribution in [0.2, 0.25) is 0 Å². The van der Waals surface area contributed by atoms with E-state index < -0.39 is 0 Å². The standard InChI is InChI=1S/C20H32N4O2.HI/c1-5-20(11-6-12-20)15-23-19(22-14-18(25)24(2)3)21-13-16-7-9-17(26-4)10-8-16;/h7-10H,5-6,11-15H2,1-4H3,(H2,21,22,23);1H. The van der Waals surface area contributed by atoms with Crippen molar-refractivity contribution in [3.05, 3.63) is 29.8 Å². The van der Waals surface area contributed by atoms with Gasteiger partial charge in [-0.25, -0.2) is 4.99 Å². The minimum absolute atomic E-state index is 0. The molecule has 0 bridgehead atoms. The van der Waals surface area contributed by atoms with Gasteiger partial charge >= 0.3 is 0 Å². The zero-order valence-electron chi connectivity index (χ0n) is 16.9. The number of nitrogens with zero attached hydrogens (tertiary/aromatic N) is 2. The van der Waals surface area contributed by atoms with E-state index in [9.17, 15) is 4.79 Å². The zero-order valence-corrected chi connectivity index (χ0v) is 19.2. The van der Waals surface area contributed by atoms with Crippen LogP contribution in [-0.2, 0) is 11.3 Å². The number of carbonyl (C=O) groups excluding carboxylic acids is 1. The lowest BCUT2D eigenvalue weighted by Gasteiger charge is -2.41. The highest BCUT2D eigenvalue weighted by Crippen LogP contribution is 2.42. The van der Waals surface area contributed by atoms with Crippen molar-refractivity contribution >= 4 is 35.8 Å². The lowest BCUT2D eigenvalue weighted by molar-refractivity contribution is -0.127. The van der Waals surface area contributed by atoms with E-state index >= 15 is 0 Å². The number of hydrogen-bond donors (Lipinski definition) is 2. The van der Waals surface area contributed by atoms with Gasteiger partial charge in [-0.2, -0.15) is 0 Å². The molecule has 1 aliphatic rings. The highest BCUT2D eigenvalue weighted by Gasteiger charge is 2.34. The van der Waals surface area contributed by atoms with Gasteiger partial charge < -0.3 is 20.3 Å². The lowest BCUT2D eigenvalue weighted by atomic mass is 9.67. The summed E-state index contributed by atoms with van der Waals surface area (Å²) in [6.07, 6.45) is 5.00. The Balaban J connectivity index is 0.00000364. The molecule has 7 heteroatoms. The van der Waals surface area contributed by atoms with Gasteiger partial charge in [-0.3, -0.25) is 4.79 Å². The molecule has 2 rings (SSSR count). The number of aliphatic imine (C=N–C) groups is 1. The number of methoxy groups -OCH3 is 1. The quantitative estimate of drug-likeness (QED) is 0.336. The maximum absolute atomic E-state index is 11.9. The SMILES string of the molecule is CCC1(CNC(=NCc2ccc(OC)cc2)NCC(=O)N(C)C)CCC1.I. The van der Waals surface area contributed by atoms with Crippen molar-refractivity contribution in [3.8, 4) is 5.75 Å². The monoisotopic (exact) mass is 488 g/mol. The molecule has 1 aromatic carbocycles. The fourth-order valence-corrected chi connectivity index (χ4v) is 3.00. The van der Waals surface area contributed by atoms with Gasteiger partial charge in [0.15, 0.2) is 5.96 Å². The van der Waals surface area contributed by atoms with Crippen LogP contribution in [0.3, 0.4) is 0 Å². The van der Waals surface area contributed by atoms with Crippen LogP contribution < -0.4 is 15.4 Å². The number of benzene rings is 1. The molecule has 0 unspecified atom stereocenters. The van der Waals surface area contributed by atoms with Gasteiger partial charge in [0.2, 0.25) is 5.91 Å². The maximum atomic E-state index is 11.9. The van der Waals surface area contributed by atoms with Crippen molar-refractivity contribution in [1.82, 2.24) is 15.5 Å². The van der Waals surface area contributed by atoms with Crippen molar-refractivity contribution < 1.29 is 9.53 Å². The summed E-state index contributed by atoms with van der Waals surface area (Å²) in [6, 6.07) is 7.87. The van der Waals surface area contributed by atoms with E-state index in [-0.39, 0.29) is 36.4 Å².